The Labute approximate surface area is 178 Å². The molecule has 2 aromatic heterocycles. The van der Waals surface area contributed by atoms with E-state index in [4.69, 9.17) is 0 Å². The Kier molecular flexibility index (Phi) is 5.40. The molecule has 154 valence electrons. The van der Waals surface area contributed by atoms with Crippen molar-refractivity contribution in [2.24, 2.45) is 12.8 Å². The number of rotatable bonds is 0. The molecule has 0 saturated heterocycles. The van der Waals surface area contributed by atoms with Gasteiger partial charge in [-0.15, -0.1) is 0 Å². The minimum absolute atomic E-state index is 0.593. The van der Waals surface area contributed by atoms with E-state index in [0.717, 1.165) is 6.42 Å². The fourth-order valence-electron chi connectivity index (χ4n) is 4.82. The molecule has 3 N–H and O–H groups in total. The monoisotopic (exact) mass is 397 g/mol. The van der Waals surface area contributed by atoms with Crippen molar-refractivity contribution in [1.82, 2.24) is 9.55 Å². The molecule has 0 radical (unpaired) electrons. The Hall–Kier alpha value is -3.04. The summed E-state index contributed by atoms with van der Waals surface area (Å²) >= 11 is 0. The lowest BCUT2D eigenvalue weighted by atomic mass is 9.87. The molecule has 2 heterocycles. The fourth-order valence-corrected chi connectivity index (χ4v) is 4.82. The maximum Gasteiger partial charge on any atom is 0.0565 e. The molecule has 6 rings (SSSR count). The third kappa shape index (κ3) is 2.85. The molecule has 5 aromatic rings. The molecule has 3 nitrogen and oxygen atoms in total. The lowest BCUT2D eigenvalue weighted by molar-refractivity contribution is 0.772. The second-order valence-corrected chi connectivity index (χ2v) is 7.65. The Morgan fingerprint density at radius 2 is 1.67 bits per heavy atom. The second kappa shape index (κ2) is 8.00. The number of fused-ring (bicyclic) bond motifs is 8. The van der Waals surface area contributed by atoms with Gasteiger partial charge in [-0.2, -0.15) is 0 Å². The number of hydrogen-bond acceptors (Lipinski definition) is 1. The maximum absolute atomic E-state index is 4.50. The van der Waals surface area contributed by atoms with Gasteiger partial charge in [0.15, 0.2) is 0 Å². The summed E-state index contributed by atoms with van der Waals surface area (Å²) in [5.41, 5.74) is 12.5. The summed E-state index contributed by atoms with van der Waals surface area (Å²) in [6.07, 6.45) is 5.77. The van der Waals surface area contributed by atoms with Gasteiger partial charge in [0.2, 0.25) is 0 Å². The summed E-state index contributed by atoms with van der Waals surface area (Å²) in [5, 5.41) is 5.28. The lowest BCUT2D eigenvalue weighted by Crippen LogP contribution is -2.02. The molecular formula is C27H31N3. The molecule has 3 aromatic carbocycles. The SMILES string of the molecule is CC.CC1CC=Cc2c1ccc1c3cc4[nH]c5ccccc5c4cc3n(C)c21.CN. The van der Waals surface area contributed by atoms with E-state index in [-0.39, 0.29) is 0 Å². The summed E-state index contributed by atoms with van der Waals surface area (Å²) in [6, 6.07) is 17.9. The van der Waals surface area contributed by atoms with Gasteiger partial charge in [-0.25, -0.2) is 0 Å². The summed E-state index contributed by atoms with van der Waals surface area (Å²) in [6.45, 7) is 6.33. The zero-order chi connectivity index (χ0) is 21.4. The second-order valence-electron chi connectivity index (χ2n) is 7.65. The van der Waals surface area contributed by atoms with Crippen LogP contribution in [0.3, 0.4) is 0 Å². The van der Waals surface area contributed by atoms with Crippen LogP contribution < -0.4 is 5.73 Å². The van der Waals surface area contributed by atoms with E-state index < -0.39 is 0 Å². The van der Waals surface area contributed by atoms with Crippen molar-refractivity contribution in [3.8, 4) is 0 Å². The minimum atomic E-state index is 0.593. The number of allylic oxidation sites excluding steroid dienone is 1. The Bertz CT molecular complexity index is 1380. The smallest absolute Gasteiger partial charge is 0.0565 e. The molecule has 0 saturated carbocycles. The number of aromatic amines is 1. The number of benzene rings is 3. The molecular weight excluding hydrogens is 366 g/mol. The van der Waals surface area contributed by atoms with Gasteiger partial charge in [0, 0.05) is 50.7 Å². The molecule has 30 heavy (non-hydrogen) atoms. The van der Waals surface area contributed by atoms with Crippen LogP contribution >= 0.6 is 0 Å². The number of nitrogens with one attached hydrogen (secondary N) is 1. The van der Waals surface area contributed by atoms with Gasteiger partial charge >= 0.3 is 0 Å². The van der Waals surface area contributed by atoms with Crippen molar-refractivity contribution >= 4 is 49.7 Å². The number of H-pyrrole nitrogens is 1. The first-order valence-electron chi connectivity index (χ1n) is 10.9. The number of aromatic nitrogens is 2. The molecule has 3 heteroatoms. The van der Waals surface area contributed by atoms with Gasteiger partial charge in [0.25, 0.3) is 0 Å². The van der Waals surface area contributed by atoms with E-state index in [1.54, 1.807) is 0 Å². The highest BCUT2D eigenvalue weighted by Gasteiger charge is 2.19. The average molecular weight is 398 g/mol. The Morgan fingerprint density at radius 3 is 2.47 bits per heavy atom. The van der Waals surface area contributed by atoms with Crippen molar-refractivity contribution < 1.29 is 0 Å². The molecule has 0 amide bonds. The van der Waals surface area contributed by atoms with Crippen molar-refractivity contribution in [3.05, 3.63) is 65.7 Å². The minimum Gasteiger partial charge on any atom is -0.354 e. The van der Waals surface area contributed by atoms with Crippen LogP contribution in [0, 0.1) is 0 Å². The van der Waals surface area contributed by atoms with Crippen LogP contribution in [-0.4, -0.2) is 16.6 Å². The highest BCUT2D eigenvalue weighted by atomic mass is 14.9. The molecule has 0 bridgehead atoms. The van der Waals surface area contributed by atoms with Crippen molar-refractivity contribution in [3.63, 3.8) is 0 Å². The number of nitrogens with two attached hydrogens (primary N) is 1. The first kappa shape index (κ1) is 20.2. The first-order valence-corrected chi connectivity index (χ1v) is 10.9. The van der Waals surface area contributed by atoms with Crippen molar-refractivity contribution in [2.45, 2.75) is 33.1 Å². The number of aryl methyl sites for hydroxylation is 1. The topological polar surface area (TPSA) is 46.7 Å². The quantitative estimate of drug-likeness (QED) is 0.288. The number of hydrogen-bond donors (Lipinski definition) is 2. The Balaban J connectivity index is 0.000000516. The van der Waals surface area contributed by atoms with E-state index in [2.05, 4.69) is 89.9 Å². The molecule has 1 atom stereocenters. The normalized spacial score (nSPS) is 15.1. The third-order valence-electron chi connectivity index (χ3n) is 6.17. The van der Waals surface area contributed by atoms with E-state index in [1.807, 2.05) is 13.8 Å². The largest absolute Gasteiger partial charge is 0.354 e. The van der Waals surface area contributed by atoms with Crippen molar-refractivity contribution in [1.29, 1.82) is 0 Å². The highest BCUT2D eigenvalue weighted by molar-refractivity contribution is 6.18. The van der Waals surface area contributed by atoms with Crippen LogP contribution in [0.5, 0.6) is 0 Å². The van der Waals surface area contributed by atoms with E-state index in [9.17, 15) is 0 Å². The molecule has 1 aliphatic rings. The fraction of sp³-hybridized carbons (Fsp3) is 0.259. The first-order chi connectivity index (χ1) is 14.7. The molecule has 0 fully saturated rings. The average Bonchev–Trinajstić information content (AvgIpc) is 3.30. The third-order valence-corrected chi connectivity index (χ3v) is 6.17. The van der Waals surface area contributed by atoms with Gasteiger partial charge in [-0.1, -0.05) is 63.3 Å². The van der Waals surface area contributed by atoms with Crippen LogP contribution in [0.2, 0.25) is 0 Å². The predicted molar refractivity (Wildman–Crippen MR) is 133 cm³/mol. The molecule has 1 aliphatic carbocycles. The zero-order valence-electron chi connectivity index (χ0n) is 18.6. The summed E-state index contributed by atoms with van der Waals surface area (Å²) < 4.78 is 2.38. The van der Waals surface area contributed by atoms with Gasteiger partial charge in [0.1, 0.15) is 0 Å². The Morgan fingerprint density at radius 1 is 0.900 bits per heavy atom. The maximum atomic E-state index is 4.50. The van der Waals surface area contributed by atoms with E-state index in [1.165, 1.54) is 61.8 Å². The summed E-state index contributed by atoms with van der Waals surface area (Å²) in [4.78, 5) is 3.59. The van der Waals surface area contributed by atoms with Gasteiger partial charge in [0.05, 0.1) is 5.52 Å². The van der Waals surface area contributed by atoms with E-state index in [0.29, 0.717) is 5.92 Å². The number of para-hydroxylation sites is 1. The van der Waals surface area contributed by atoms with Crippen LogP contribution in [0.4, 0.5) is 0 Å². The molecule has 1 unspecified atom stereocenters. The molecule has 0 spiro atoms. The highest BCUT2D eigenvalue weighted by Crippen LogP contribution is 2.40. The lowest BCUT2D eigenvalue weighted by Gasteiger charge is -2.19. The van der Waals surface area contributed by atoms with Gasteiger partial charge in [-0.05, 0) is 43.1 Å². The predicted octanol–water partition coefficient (Wildman–Crippen LogP) is 7.09. The number of nitrogens with zero attached hydrogens (tertiary/aromatic N) is 1. The van der Waals surface area contributed by atoms with Gasteiger partial charge in [-0.3, -0.25) is 0 Å². The standard InChI is InChI=1S/C24H20N2.C2H6.CH5N/c1-14-6-5-8-17-15(14)10-11-18-20-12-22-19(13-23(20)26(2)24(17)18)16-7-3-4-9-21(16)25-22;2*1-2/h3-5,7-14,25H,6H2,1-2H3;1-2H3;2H2,1H3. The van der Waals surface area contributed by atoms with Crippen LogP contribution in [0.15, 0.2) is 54.6 Å². The molecule has 0 aliphatic heterocycles. The van der Waals surface area contributed by atoms with Crippen LogP contribution in [0.25, 0.3) is 49.7 Å². The van der Waals surface area contributed by atoms with E-state index >= 15 is 0 Å². The zero-order valence-corrected chi connectivity index (χ0v) is 18.6. The van der Waals surface area contributed by atoms with Crippen LogP contribution in [-0.2, 0) is 7.05 Å². The summed E-state index contributed by atoms with van der Waals surface area (Å²) in [5.74, 6) is 0.593. The summed E-state index contributed by atoms with van der Waals surface area (Å²) in [7, 11) is 3.71. The van der Waals surface area contributed by atoms with Crippen molar-refractivity contribution in [2.75, 3.05) is 7.05 Å². The van der Waals surface area contributed by atoms with Gasteiger partial charge < -0.3 is 15.3 Å². The van der Waals surface area contributed by atoms with Crippen LogP contribution in [0.1, 0.15) is 44.2 Å².